The minimum Gasteiger partial charge on any atom is -0.380 e. The molecule has 1 unspecified atom stereocenters. The fourth-order valence-electron chi connectivity index (χ4n) is 3.11. The summed E-state index contributed by atoms with van der Waals surface area (Å²) in [6.45, 7) is 4.22. The minimum atomic E-state index is -0.812. The van der Waals surface area contributed by atoms with Crippen molar-refractivity contribution in [1.29, 1.82) is 0 Å². The van der Waals surface area contributed by atoms with Crippen LogP contribution in [0.25, 0.3) is 0 Å². The molecule has 1 aliphatic rings. The van der Waals surface area contributed by atoms with Crippen molar-refractivity contribution in [2.75, 3.05) is 0 Å². The van der Waals surface area contributed by atoms with Crippen LogP contribution in [0.15, 0.2) is 42.5 Å². The van der Waals surface area contributed by atoms with E-state index in [9.17, 15) is 5.11 Å². The highest BCUT2D eigenvalue weighted by atomic mass is 16.3. The van der Waals surface area contributed by atoms with Crippen LogP contribution in [0.3, 0.4) is 0 Å². The van der Waals surface area contributed by atoms with Crippen LogP contribution in [-0.2, 0) is 12.0 Å². The molecule has 1 N–H and O–H groups in total. The molecule has 1 nitrogen and oxygen atoms in total. The maximum Gasteiger partial charge on any atom is 0.115 e. The number of hydrogen-bond acceptors (Lipinski definition) is 1. The zero-order chi connectivity index (χ0) is 13.5. The lowest BCUT2D eigenvalue weighted by atomic mass is 9.74. The molecule has 98 valence electrons. The van der Waals surface area contributed by atoms with Gasteiger partial charge in [-0.15, -0.1) is 0 Å². The third-order valence-electron chi connectivity index (χ3n) is 4.43. The summed E-state index contributed by atoms with van der Waals surface area (Å²) in [7, 11) is 0. The summed E-state index contributed by atoms with van der Waals surface area (Å²) in [6, 6.07) is 14.6. The molecule has 1 atom stereocenters. The van der Waals surface area contributed by atoms with Crippen LogP contribution in [0.4, 0.5) is 0 Å². The van der Waals surface area contributed by atoms with Gasteiger partial charge in [-0.25, -0.2) is 0 Å². The molecule has 2 aromatic carbocycles. The summed E-state index contributed by atoms with van der Waals surface area (Å²) in [5, 5.41) is 11.2. The lowest BCUT2D eigenvalue weighted by Crippen LogP contribution is -2.32. The number of rotatable bonds is 1. The van der Waals surface area contributed by atoms with Crippen LogP contribution in [0.2, 0.25) is 0 Å². The average molecular weight is 252 g/mol. The van der Waals surface area contributed by atoms with Crippen LogP contribution < -0.4 is 0 Å². The largest absolute Gasteiger partial charge is 0.380 e. The number of aryl methyl sites for hydroxylation is 3. The molecule has 19 heavy (non-hydrogen) atoms. The van der Waals surface area contributed by atoms with E-state index < -0.39 is 5.60 Å². The summed E-state index contributed by atoms with van der Waals surface area (Å²) < 4.78 is 0. The van der Waals surface area contributed by atoms with Crippen LogP contribution in [0, 0.1) is 13.8 Å². The first-order valence-corrected chi connectivity index (χ1v) is 7.00. The lowest BCUT2D eigenvalue weighted by Gasteiger charge is -2.35. The third-order valence-corrected chi connectivity index (χ3v) is 4.43. The highest BCUT2D eigenvalue weighted by Gasteiger charge is 2.35. The molecule has 0 aliphatic heterocycles. The van der Waals surface area contributed by atoms with Gasteiger partial charge in [0.15, 0.2) is 0 Å². The second-order valence-electron chi connectivity index (χ2n) is 5.67. The Morgan fingerprint density at radius 3 is 2.58 bits per heavy atom. The van der Waals surface area contributed by atoms with E-state index in [1.54, 1.807) is 0 Å². The van der Waals surface area contributed by atoms with Gasteiger partial charge in [0.2, 0.25) is 0 Å². The Morgan fingerprint density at radius 1 is 1.00 bits per heavy atom. The maximum atomic E-state index is 11.2. The SMILES string of the molecule is Cc1ccc(C2(O)CCCc3ccccc32)cc1C. The first-order chi connectivity index (χ1) is 9.11. The predicted octanol–water partition coefficient (Wildman–Crippen LogP) is 3.88. The van der Waals surface area contributed by atoms with Gasteiger partial charge in [-0.3, -0.25) is 0 Å². The first-order valence-electron chi connectivity index (χ1n) is 7.00. The standard InChI is InChI=1S/C18H20O/c1-13-9-10-16(12-14(13)2)18(19)11-5-7-15-6-3-4-8-17(15)18/h3-4,6,8-10,12,19H,5,7,11H2,1-2H3. The molecule has 0 heterocycles. The van der Waals surface area contributed by atoms with E-state index in [-0.39, 0.29) is 0 Å². The Kier molecular flexibility index (Phi) is 2.94. The molecular formula is C18H20O. The van der Waals surface area contributed by atoms with E-state index in [1.165, 1.54) is 16.7 Å². The summed E-state index contributed by atoms with van der Waals surface area (Å²) in [6.07, 6.45) is 2.93. The Bertz CT molecular complexity index is 615. The maximum absolute atomic E-state index is 11.2. The first kappa shape index (κ1) is 12.4. The zero-order valence-corrected chi connectivity index (χ0v) is 11.6. The van der Waals surface area contributed by atoms with Crippen molar-refractivity contribution in [2.24, 2.45) is 0 Å². The van der Waals surface area contributed by atoms with Gasteiger partial charge in [-0.1, -0.05) is 42.5 Å². The average Bonchev–Trinajstić information content (AvgIpc) is 2.42. The fourth-order valence-corrected chi connectivity index (χ4v) is 3.11. The number of hydrogen-bond donors (Lipinski definition) is 1. The second-order valence-corrected chi connectivity index (χ2v) is 5.67. The Labute approximate surface area is 114 Å². The van der Waals surface area contributed by atoms with Crippen molar-refractivity contribution >= 4 is 0 Å². The third kappa shape index (κ3) is 1.98. The molecule has 3 rings (SSSR count). The molecule has 0 amide bonds. The predicted molar refractivity (Wildman–Crippen MR) is 78.3 cm³/mol. The summed E-state index contributed by atoms with van der Waals surface area (Å²) in [4.78, 5) is 0. The van der Waals surface area contributed by atoms with Crippen LogP contribution in [0.1, 0.15) is 40.7 Å². The van der Waals surface area contributed by atoms with Gasteiger partial charge in [0, 0.05) is 0 Å². The van der Waals surface area contributed by atoms with Gasteiger partial charge < -0.3 is 5.11 Å². The monoisotopic (exact) mass is 252 g/mol. The van der Waals surface area contributed by atoms with E-state index >= 15 is 0 Å². The van der Waals surface area contributed by atoms with Crippen LogP contribution >= 0.6 is 0 Å². The van der Waals surface area contributed by atoms with Crippen molar-refractivity contribution in [2.45, 2.75) is 38.7 Å². The topological polar surface area (TPSA) is 20.2 Å². The number of fused-ring (bicyclic) bond motifs is 1. The van der Waals surface area contributed by atoms with Gasteiger partial charge in [-0.05, 0) is 60.9 Å². The van der Waals surface area contributed by atoms with Gasteiger partial charge in [0.05, 0.1) is 0 Å². The van der Waals surface area contributed by atoms with Crippen LogP contribution in [0.5, 0.6) is 0 Å². The number of benzene rings is 2. The van der Waals surface area contributed by atoms with Gasteiger partial charge in [-0.2, -0.15) is 0 Å². The van der Waals surface area contributed by atoms with E-state index in [1.807, 2.05) is 6.07 Å². The quantitative estimate of drug-likeness (QED) is 0.816. The van der Waals surface area contributed by atoms with E-state index in [0.717, 1.165) is 30.4 Å². The van der Waals surface area contributed by atoms with Crippen LogP contribution in [-0.4, -0.2) is 5.11 Å². The van der Waals surface area contributed by atoms with E-state index in [2.05, 4.69) is 50.2 Å². The zero-order valence-electron chi connectivity index (χ0n) is 11.6. The molecule has 0 radical (unpaired) electrons. The molecule has 2 aromatic rings. The molecular weight excluding hydrogens is 232 g/mol. The molecule has 0 bridgehead atoms. The van der Waals surface area contributed by atoms with Gasteiger partial charge in [0.25, 0.3) is 0 Å². The van der Waals surface area contributed by atoms with Crippen molar-refractivity contribution in [3.63, 3.8) is 0 Å². The van der Waals surface area contributed by atoms with Crippen molar-refractivity contribution in [1.82, 2.24) is 0 Å². The summed E-state index contributed by atoms with van der Waals surface area (Å²) in [5.41, 5.74) is 5.11. The van der Waals surface area contributed by atoms with Crippen molar-refractivity contribution in [3.05, 3.63) is 70.3 Å². The smallest absolute Gasteiger partial charge is 0.115 e. The van der Waals surface area contributed by atoms with Gasteiger partial charge in [0.1, 0.15) is 5.60 Å². The van der Waals surface area contributed by atoms with Crippen molar-refractivity contribution in [3.8, 4) is 0 Å². The Morgan fingerprint density at radius 2 is 1.79 bits per heavy atom. The fraction of sp³-hybridized carbons (Fsp3) is 0.333. The molecule has 0 saturated heterocycles. The molecule has 0 aromatic heterocycles. The highest BCUT2D eigenvalue weighted by molar-refractivity contribution is 5.44. The molecule has 1 aliphatic carbocycles. The number of aliphatic hydroxyl groups is 1. The summed E-state index contributed by atoms with van der Waals surface area (Å²) >= 11 is 0. The highest BCUT2D eigenvalue weighted by Crippen LogP contribution is 2.40. The van der Waals surface area contributed by atoms with Gasteiger partial charge >= 0.3 is 0 Å². The Hall–Kier alpha value is -1.60. The molecule has 0 fully saturated rings. The Balaban J connectivity index is 2.16. The lowest BCUT2D eigenvalue weighted by molar-refractivity contribution is 0.0615. The molecule has 0 saturated carbocycles. The normalized spacial score (nSPS) is 22.1. The molecule has 0 spiro atoms. The van der Waals surface area contributed by atoms with E-state index in [0.29, 0.717) is 0 Å². The minimum absolute atomic E-state index is 0.812. The summed E-state index contributed by atoms with van der Waals surface area (Å²) in [5.74, 6) is 0. The van der Waals surface area contributed by atoms with E-state index in [4.69, 9.17) is 0 Å². The van der Waals surface area contributed by atoms with Crippen molar-refractivity contribution < 1.29 is 5.11 Å². The molecule has 1 heteroatoms. The second kappa shape index (κ2) is 4.50.